The van der Waals surface area contributed by atoms with Crippen LogP contribution in [0.4, 0.5) is 0 Å². The zero-order valence-corrected chi connectivity index (χ0v) is 10.7. The zero-order valence-electron chi connectivity index (χ0n) is 10.7. The lowest BCUT2D eigenvalue weighted by atomic mass is 10.2. The first-order valence-corrected chi connectivity index (χ1v) is 5.76. The normalized spacial score (nSPS) is 8.56. The van der Waals surface area contributed by atoms with Crippen LogP contribution in [0.2, 0.25) is 0 Å². The summed E-state index contributed by atoms with van der Waals surface area (Å²) in [6.45, 7) is 8.60. The van der Waals surface area contributed by atoms with Crippen molar-refractivity contribution in [1.29, 1.82) is 0 Å². The molecule has 0 spiro atoms. The second-order valence-corrected chi connectivity index (χ2v) is 2.99. The molecule has 0 aliphatic heterocycles. The van der Waals surface area contributed by atoms with E-state index in [0.29, 0.717) is 0 Å². The summed E-state index contributed by atoms with van der Waals surface area (Å²) in [4.78, 5) is 0. The third-order valence-electron chi connectivity index (χ3n) is 1.69. The summed E-state index contributed by atoms with van der Waals surface area (Å²) >= 11 is 0. The van der Waals surface area contributed by atoms with Gasteiger partial charge in [-0.15, -0.1) is 0 Å². The number of hydrogen-bond acceptors (Lipinski definition) is 1. The molecule has 0 saturated heterocycles. The van der Waals surface area contributed by atoms with Crippen molar-refractivity contribution in [1.82, 2.24) is 0 Å². The lowest BCUT2D eigenvalue weighted by Gasteiger charge is -1.84. The van der Waals surface area contributed by atoms with Gasteiger partial charge in [0.05, 0.1) is 12.3 Å². The van der Waals surface area contributed by atoms with Gasteiger partial charge in [0.1, 0.15) is 0 Å². The molecule has 0 radical (unpaired) electrons. The SMILES string of the molecule is CC.CCN.Cc1ccc2ccccc2[o+]1. The molecular weight excluding hydrogens is 198 g/mol. The minimum Gasteiger partial charge on any atom is -0.331 e. The van der Waals surface area contributed by atoms with E-state index in [-0.39, 0.29) is 0 Å². The van der Waals surface area contributed by atoms with Crippen molar-refractivity contribution in [2.45, 2.75) is 27.7 Å². The molecule has 0 amide bonds. The molecular formula is C14H22NO+. The fraction of sp³-hybridized carbons (Fsp3) is 0.357. The number of fused-ring (bicyclic) bond motifs is 1. The van der Waals surface area contributed by atoms with Gasteiger partial charge in [-0.05, 0) is 18.7 Å². The van der Waals surface area contributed by atoms with Crippen molar-refractivity contribution >= 4 is 11.0 Å². The zero-order chi connectivity index (χ0) is 12.4. The van der Waals surface area contributed by atoms with Crippen LogP contribution in [0.25, 0.3) is 11.0 Å². The number of para-hydroxylation sites is 1. The molecule has 88 valence electrons. The van der Waals surface area contributed by atoms with E-state index in [1.807, 2.05) is 58.0 Å². The first kappa shape index (κ1) is 14.6. The van der Waals surface area contributed by atoms with E-state index in [9.17, 15) is 0 Å². The van der Waals surface area contributed by atoms with Crippen molar-refractivity contribution in [3.8, 4) is 0 Å². The maximum absolute atomic E-state index is 5.46. The Morgan fingerprint density at radius 2 is 1.62 bits per heavy atom. The van der Waals surface area contributed by atoms with Gasteiger partial charge in [-0.3, -0.25) is 0 Å². The Bertz CT molecular complexity index is 399. The maximum Gasteiger partial charge on any atom is 0.360 e. The van der Waals surface area contributed by atoms with Crippen LogP contribution < -0.4 is 5.73 Å². The maximum atomic E-state index is 5.46. The lowest BCUT2D eigenvalue weighted by molar-refractivity contribution is 0.566. The fourth-order valence-electron chi connectivity index (χ4n) is 1.13. The second kappa shape index (κ2) is 8.86. The Morgan fingerprint density at radius 1 is 1.06 bits per heavy atom. The molecule has 1 aromatic heterocycles. The smallest absolute Gasteiger partial charge is 0.331 e. The Morgan fingerprint density at radius 3 is 2.25 bits per heavy atom. The highest BCUT2D eigenvalue weighted by Crippen LogP contribution is 2.14. The molecule has 0 fully saturated rings. The van der Waals surface area contributed by atoms with Gasteiger partial charge in [0.2, 0.25) is 0 Å². The number of aryl methyl sites for hydroxylation is 1. The molecule has 0 aliphatic rings. The van der Waals surface area contributed by atoms with E-state index in [1.165, 1.54) is 0 Å². The minimum absolute atomic E-state index is 0.750. The number of benzene rings is 1. The van der Waals surface area contributed by atoms with Gasteiger partial charge in [0.15, 0.2) is 0 Å². The van der Waals surface area contributed by atoms with Crippen molar-refractivity contribution in [2.24, 2.45) is 5.73 Å². The topological polar surface area (TPSA) is 37.3 Å². The quantitative estimate of drug-likeness (QED) is 0.681. The third kappa shape index (κ3) is 4.89. The van der Waals surface area contributed by atoms with Crippen LogP contribution in [0.3, 0.4) is 0 Å². The van der Waals surface area contributed by atoms with Crippen LogP contribution in [0.1, 0.15) is 26.5 Å². The largest absolute Gasteiger partial charge is 0.360 e. The van der Waals surface area contributed by atoms with Gasteiger partial charge in [0, 0.05) is 12.1 Å². The third-order valence-corrected chi connectivity index (χ3v) is 1.69. The molecule has 0 saturated carbocycles. The van der Waals surface area contributed by atoms with Gasteiger partial charge >= 0.3 is 11.3 Å². The number of nitrogens with two attached hydrogens (primary N) is 1. The van der Waals surface area contributed by atoms with E-state index in [1.54, 1.807) is 0 Å². The van der Waals surface area contributed by atoms with E-state index in [4.69, 9.17) is 10.2 Å². The van der Waals surface area contributed by atoms with Crippen molar-refractivity contribution in [2.75, 3.05) is 6.54 Å². The summed E-state index contributed by atoms with van der Waals surface area (Å²) in [5, 5.41) is 1.15. The highest BCUT2D eigenvalue weighted by molar-refractivity contribution is 5.76. The summed E-state index contributed by atoms with van der Waals surface area (Å²) in [5.74, 6) is 0.948. The van der Waals surface area contributed by atoms with Crippen molar-refractivity contribution in [3.05, 3.63) is 42.2 Å². The highest BCUT2D eigenvalue weighted by atomic mass is 16.3. The first-order chi connectivity index (χ1) is 7.77. The van der Waals surface area contributed by atoms with Crippen molar-refractivity contribution in [3.63, 3.8) is 0 Å². The van der Waals surface area contributed by atoms with Crippen LogP contribution in [0.15, 0.2) is 40.8 Å². The molecule has 1 aromatic carbocycles. The van der Waals surface area contributed by atoms with E-state index in [0.717, 1.165) is 23.3 Å². The number of hydrogen-bond donors (Lipinski definition) is 1. The highest BCUT2D eigenvalue weighted by Gasteiger charge is 2.04. The minimum atomic E-state index is 0.750. The predicted molar refractivity (Wildman–Crippen MR) is 71.4 cm³/mol. The molecule has 0 atom stereocenters. The first-order valence-electron chi connectivity index (χ1n) is 5.76. The molecule has 0 bridgehead atoms. The molecule has 1 heterocycles. The van der Waals surface area contributed by atoms with Gasteiger partial charge in [-0.1, -0.05) is 32.9 Å². The molecule has 2 nitrogen and oxygen atoms in total. The van der Waals surface area contributed by atoms with Gasteiger partial charge in [-0.25, -0.2) is 4.42 Å². The average molecular weight is 220 g/mol. The van der Waals surface area contributed by atoms with Crippen LogP contribution in [0, 0.1) is 6.92 Å². The van der Waals surface area contributed by atoms with Crippen molar-refractivity contribution < 1.29 is 4.42 Å². The van der Waals surface area contributed by atoms with Crippen LogP contribution >= 0.6 is 0 Å². The Hall–Kier alpha value is -1.41. The molecule has 16 heavy (non-hydrogen) atoms. The van der Waals surface area contributed by atoms with Crippen LogP contribution in [-0.4, -0.2) is 6.54 Å². The Balaban J connectivity index is 0.000000394. The lowest BCUT2D eigenvalue weighted by Crippen LogP contribution is -1.87. The molecule has 2 N–H and O–H groups in total. The molecule has 2 rings (SSSR count). The molecule has 2 aromatic rings. The summed E-state index contributed by atoms with van der Waals surface area (Å²) in [5.41, 5.74) is 5.80. The van der Waals surface area contributed by atoms with E-state index < -0.39 is 0 Å². The van der Waals surface area contributed by atoms with E-state index >= 15 is 0 Å². The molecule has 2 heteroatoms. The van der Waals surface area contributed by atoms with Crippen LogP contribution in [-0.2, 0) is 0 Å². The predicted octanol–water partition coefficient (Wildman–Crippen LogP) is 4.01. The summed E-state index contributed by atoms with van der Waals surface area (Å²) in [6.07, 6.45) is 0. The monoisotopic (exact) mass is 220 g/mol. The summed E-state index contributed by atoms with van der Waals surface area (Å²) in [7, 11) is 0. The van der Waals surface area contributed by atoms with Crippen LogP contribution in [0.5, 0.6) is 0 Å². The Kier molecular flexibility index (Phi) is 8.08. The second-order valence-electron chi connectivity index (χ2n) is 2.99. The standard InChI is InChI=1S/C10H9O.C2H7N.C2H6/c1-8-6-7-9-4-2-3-5-10(9)11-8;1-2-3;1-2/h2-7H,1H3;2-3H2,1H3;1-2H3/q+1;;. The molecule has 0 unspecified atom stereocenters. The van der Waals surface area contributed by atoms with Gasteiger partial charge in [-0.2, -0.15) is 0 Å². The summed E-state index contributed by atoms with van der Waals surface area (Å²) in [6, 6.07) is 12.0. The summed E-state index contributed by atoms with van der Waals surface area (Å²) < 4.78 is 5.46. The number of rotatable bonds is 0. The average Bonchev–Trinajstić information content (AvgIpc) is 2.32. The Labute approximate surface area is 98.1 Å². The van der Waals surface area contributed by atoms with E-state index in [2.05, 4.69) is 6.07 Å². The van der Waals surface area contributed by atoms with Gasteiger partial charge < -0.3 is 5.73 Å². The molecule has 0 aliphatic carbocycles. The fourth-order valence-corrected chi connectivity index (χ4v) is 1.13. The van der Waals surface area contributed by atoms with Gasteiger partial charge in [0.25, 0.3) is 0 Å².